The van der Waals surface area contributed by atoms with Crippen LogP contribution in [0.1, 0.15) is 39.2 Å². The van der Waals surface area contributed by atoms with Crippen LogP contribution in [0.4, 0.5) is 5.69 Å². The Balaban J connectivity index is 2.39. The first-order chi connectivity index (χ1) is 8.39. The van der Waals surface area contributed by atoms with Gasteiger partial charge in [0.1, 0.15) is 5.78 Å². The maximum absolute atomic E-state index is 12.0. The maximum Gasteiger partial charge on any atom is 0.234 e. The Morgan fingerprint density at radius 2 is 1.78 bits per heavy atom. The summed E-state index contributed by atoms with van der Waals surface area (Å²) in [5.41, 5.74) is 2.08. The molecule has 1 aromatic rings. The molecule has 1 saturated heterocycles. The molecule has 1 fully saturated rings. The van der Waals surface area contributed by atoms with E-state index in [0.29, 0.717) is 13.0 Å². The van der Waals surface area contributed by atoms with Crippen molar-refractivity contribution in [2.24, 2.45) is 0 Å². The average molecular weight is 245 g/mol. The van der Waals surface area contributed by atoms with Gasteiger partial charge in [0.2, 0.25) is 5.91 Å². The topological polar surface area (TPSA) is 37.4 Å². The van der Waals surface area contributed by atoms with Gasteiger partial charge in [0, 0.05) is 18.7 Å². The molecular formula is C15H19NO2. The van der Waals surface area contributed by atoms with E-state index in [2.05, 4.69) is 26.8 Å². The van der Waals surface area contributed by atoms with Gasteiger partial charge in [0.05, 0.1) is 6.42 Å². The highest BCUT2D eigenvalue weighted by Crippen LogP contribution is 2.33. The van der Waals surface area contributed by atoms with Crippen molar-refractivity contribution in [3.63, 3.8) is 0 Å². The SMILES string of the molecule is CC(C)(C)c1ccccc1N1CCC(=O)CC1=O. The fourth-order valence-electron chi connectivity index (χ4n) is 2.31. The average Bonchev–Trinajstić information content (AvgIpc) is 2.28. The summed E-state index contributed by atoms with van der Waals surface area (Å²) in [5, 5.41) is 0. The van der Waals surface area contributed by atoms with Gasteiger partial charge in [0.15, 0.2) is 0 Å². The first-order valence-electron chi connectivity index (χ1n) is 6.31. The smallest absolute Gasteiger partial charge is 0.234 e. The van der Waals surface area contributed by atoms with Crippen molar-refractivity contribution in [3.05, 3.63) is 29.8 Å². The van der Waals surface area contributed by atoms with Crippen LogP contribution in [0.15, 0.2) is 24.3 Å². The quantitative estimate of drug-likeness (QED) is 0.713. The number of para-hydroxylation sites is 1. The number of piperidine rings is 1. The lowest BCUT2D eigenvalue weighted by Gasteiger charge is -2.32. The van der Waals surface area contributed by atoms with Crippen molar-refractivity contribution in [2.75, 3.05) is 11.4 Å². The lowest BCUT2D eigenvalue weighted by atomic mass is 9.85. The lowest BCUT2D eigenvalue weighted by molar-refractivity contribution is -0.128. The van der Waals surface area contributed by atoms with Crippen LogP contribution < -0.4 is 4.90 Å². The van der Waals surface area contributed by atoms with Gasteiger partial charge in [-0.15, -0.1) is 0 Å². The number of carbonyl (C=O) groups excluding carboxylic acids is 2. The van der Waals surface area contributed by atoms with Gasteiger partial charge < -0.3 is 4.90 Å². The zero-order valence-corrected chi connectivity index (χ0v) is 11.2. The molecule has 0 unspecified atom stereocenters. The van der Waals surface area contributed by atoms with Gasteiger partial charge in [-0.05, 0) is 17.0 Å². The van der Waals surface area contributed by atoms with E-state index < -0.39 is 0 Å². The molecule has 0 spiro atoms. The predicted molar refractivity (Wildman–Crippen MR) is 71.7 cm³/mol. The Morgan fingerprint density at radius 1 is 1.11 bits per heavy atom. The van der Waals surface area contributed by atoms with Crippen LogP contribution in [0.25, 0.3) is 0 Å². The molecule has 0 radical (unpaired) electrons. The van der Waals surface area contributed by atoms with E-state index in [1.165, 1.54) is 0 Å². The second-order valence-corrected chi connectivity index (χ2v) is 5.78. The zero-order chi connectivity index (χ0) is 13.3. The Bertz CT molecular complexity index is 486. The van der Waals surface area contributed by atoms with E-state index in [4.69, 9.17) is 0 Å². The molecule has 0 bridgehead atoms. The van der Waals surface area contributed by atoms with E-state index in [9.17, 15) is 9.59 Å². The molecule has 1 amide bonds. The number of hydrogen-bond acceptors (Lipinski definition) is 2. The van der Waals surface area contributed by atoms with Crippen molar-refractivity contribution in [1.82, 2.24) is 0 Å². The Morgan fingerprint density at radius 3 is 2.39 bits per heavy atom. The Kier molecular flexibility index (Phi) is 3.24. The van der Waals surface area contributed by atoms with Gasteiger partial charge in [-0.3, -0.25) is 9.59 Å². The van der Waals surface area contributed by atoms with Crippen LogP contribution in [-0.4, -0.2) is 18.2 Å². The Labute approximate surface area is 108 Å². The molecular weight excluding hydrogens is 226 g/mol. The minimum atomic E-state index is -0.0806. The molecule has 0 aromatic heterocycles. The fraction of sp³-hybridized carbons (Fsp3) is 0.467. The Hall–Kier alpha value is -1.64. The highest BCUT2D eigenvalue weighted by Gasteiger charge is 2.28. The molecule has 1 aliphatic rings. The molecule has 3 heteroatoms. The van der Waals surface area contributed by atoms with Gasteiger partial charge >= 0.3 is 0 Å². The summed E-state index contributed by atoms with van der Waals surface area (Å²) in [6, 6.07) is 7.95. The normalized spacial score (nSPS) is 17.2. The predicted octanol–water partition coefficient (Wildman–Crippen LogP) is 2.68. The minimum Gasteiger partial charge on any atom is -0.311 e. The third-order valence-electron chi connectivity index (χ3n) is 3.27. The van der Waals surface area contributed by atoms with Crippen molar-refractivity contribution in [1.29, 1.82) is 0 Å². The number of Topliss-reactive ketones (excluding diaryl/α,β-unsaturated/α-hetero) is 1. The standard InChI is InChI=1S/C15H19NO2/c1-15(2,3)12-6-4-5-7-13(12)16-9-8-11(17)10-14(16)18/h4-7H,8-10H2,1-3H3. The molecule has 3 nitrogen and oxygen atoms in total. The first kappa shape index (κ1) is 12.8. The third kappa shape index (κ3) is 2.45. The van der Waals surface area contributed by atoms with Gasteiger partial charge in [0.25, 0.3) is 0 Å². The van der Waals surface area contributed by atoms with Crippen molar-refractivity contribution < 1.29 is 9.59 Å². The van der Waals surface area contributed by atoms with E-state index >= 15 is 0 Å². The van der Waals surface area contributed by atoms with Crippen LogP contribution in [0, 0.1) is 0 Å². The number of hydrogen-bond donors (Lipinski definition) is 0. The molecule has 1 aromatic carbocycles. The van der Waals surface area contributed by atoms with Gasteiger partial charge in [-0.2, -0.15) is 0 Å². The van der Waals surface area contributed by atoms with Crippen LogP contribution in [0.2, 0.25) is 0 Å². The summed E-state index contributed by atoms with van der Waals surface area (Å²) < 4.78 is 0. The molecule has 0 saturated carbocycles. The van der Waals surface area contributed by atoms with Gasteiger partial charge in [-0.25, -0.2) is 0 Å². The first-order valence-corrected chi connectivity index (χ1v) is 6.31. The summed E-state index contributed by atoms with van der Waals surface area (Å²) in [6.45, 7) is 6.90. The van der Waals surface area contributed by atoms with Crippen molar-refractivity contribution in [3.8, 4) is 0 Å². The number of anilines is 1. The zero-order valence-electron chi connectivity index (χ0n) is 11.2. The fourth-order valence-corrected chi connectivity index (χ4v) is 2.31. The highest BCUT2D eigenvalue weighted by molar-refractivity contribution is 6.08. The molecule has 1 heterocycles. The number of benzene rings is 1. The third-order valence-corrected chi connectivity index (χ3v) is 3.27. The highest BCUT2D eigenvalue weighted by atomic mass is 16.2. The van der Waals surface area contributed by atoms with Gasteiger partial charge in [-0.1, -0.05) is 39.0 Å². The van der Waals surface area contributed by atoms with E-state index in [1.54, 1.807) is 4.90 Å². The van der Waals surface area contributed by atoms with Crippen LogP contribution in [-0.2, 0) is 15.0 Å². The molecule has 2 rings (SSSR count). The van der Waals surface area contributed by atoms with Crippen molar-refractivity contribution >= 4 is 17.4 Å². The number of rotatable bonds is 1. The number of ketones is 1. The number of nitrogens with zero attached hydrogens (tertiary/aromatic N) is 1. The van der Waals surface area contributed by atoms with Crippen LogP contribution in [0.5, 0.6) is 0 Å². The molecule has 18 heavy (non-hydrogen) atoms. The van der Waals surface area contributed by atoms with Crippen molar-refractivity contribution in [2.45, 2.75) is 39.0 Å². The van der Waals surface area contributed by atoms with E-state index in [-0.39, 0.29) is 23.5 Å². The molecule has 0 aliphatic carbocycles. The summed E-state index contributed by atoms with van der Waals surface area (Å²) in [6.07, 6.45) is 0.503. The molecule has 1 aliphatic heterocycles. The summed E-state index contributed by atoms with van der Waals surface area (Å²) in [5.74, 6) is -0.0348. The monoisotopic (exact) mass is 245 g/mol. The largest absolute Gasteiger partial charge is 0.311 e. The lowest BCUT2D eigenvalue weighted by Crippen LogP contribution is -2.40. The second kappa shape index (κ2) is 4.56. The molecule has 0 atom stereocenters. The minimum absolute atomic E-state index is 0.0155. The van der Waals surface area contributed by atoms with E-state index in [0.717, 1.165) is 11.3 Å². The summed E-state index contributed by atoms with van der Waals surface area (Å²) >= 11 is 0. The number of amides is 1. The maximum atomic E-state index is 12.0. The summed E-state index contributed by atoms with van der Waals surface area (Å²) in [7, 11) is 0. The van der Waals surface area contributed by atoms with Crippen LogP contribution in [0.3, 0.4) is 0 Å². The molecule has 0 N–H and O–H groups in total. The molecule has 96 valence electrons. The summed E-state index contributed by atoms with van der Waals surface area (Å²) in [4.78, 5) is 25.0. The van der Waals surface area contributed by atoms with E-state index in [1.807, 2.05) is 18.2 Å². The number of carbonyl (C=O) groups is 2. The second-order valence-electron chi connectivity index (χ2n) is 5.78. The van der Waals surface area contributed by atoms with Crippen LogP contribution >= 0.6 is 0 Å².